The highest BCUT2D eigenvalue weighted by Gasteiger charge is 2.46. The maximum atomic E-state index is 11.5. The van der Waals surface area contributed by atoms with Crippen molar-refractivity contribution < 1.29 is 14.7 Å². The molecule has 1 aromatic heterocycles. The lowest BCUT2D eigenvalue weighted by Crippen LogP contribution is -2.41. The Labute approximate surface area is 109 Å². The molecule has 1 atom stereocenters. The summed E-state index contributed by atoms with van der Waals surface area (Å²) in [6.45, 7) is 1.78. The lowest BCUT2D eigenvalue weighted by molar-refractivity contribution is -0.162. The summed E-state index contributed by atoms with van der Waals surface area (Å²) in [5.74, 6) is -0.974. The molecule has 0 saturated carbocycles. The van der Waals surface area contributed by atoms with Gasteiger partial charge in [-0.15, -0.1) is 0 Å². The van der Waals surface area contributed by atoms with Crippen molar-refractivity contribution in [1.29, 1.82) is 0 Å². The van der Waals surface area contributed by atoms with E-state index in [4.69, 9.17) is 4.84 Å². The van der Waals surface area contributed by atoms with E-state index < -0.39 is 11.6 Å². The Bertz CT molecular complexity index is 674. The summed E-state index contributed by atoms with van der Waals surface area (Å²) in [5.41, 5.74) is 1.37. The Morgan fingerprint density at radius 1 is 1.53 bits per heavy atom. The van der Waals surface area contributed by atoms with Gasteiger partial charge in [-0.1, -0.05) is 23.4 Å². The molecule has 0 unspecified atom stereocenters. The van der Waals surface area contributed by atoms with Crippen LogP contribution in [0.2, 0.25) is 0 Å². The molecule has 0 amide bonds. The Kier molecular flexibility index (Phi) is 2.55. The van der Waals surface area contributed by atoms with E-state index >= 15 is 0 Å². The van der Waals surface area contributed by atoms with Gasteiger partial charge in [-0.3, -0.25) is 0 Å². The van der Waals surface area contributed by atoms with Gasteiger partial charge in [0.1, 0.15) is 0 Å². The Morgan fingerprint density at radius 2 is 2.32 bits per heavy atom. The van der Waals surface area contributed by atoms with E-state index in [2.05, 4.69) is 10.1 Å². The van der Waals surface area contributed by atoms with Crippen LogP contribution >= 0.6 is 0 Å². The quantitative estimate of drug-likeness (QED) is 0.887. The molecule has 1 aromatic carbocycles. The Hall–Kier alpha value is -2.30. The molecular formula is C14H14N2O3. The summed E-state index contributed by atoms with van der Waals surface area (Å²) >= 11 is 0. The average molecular weight is 258 g/mol. The lowest BCUT2D eigenvalue weighted by atomic mass is 9.90. The summed E-state index contributed by atoms with van der Waals surface area (Å²) in [5, 5.41) is 14.3. The highest BCUT2D eigenvalue weighted by atomic mass is 16.7. The van der Waals surface area contributed by atoms with Crippen molar-refractivity contribution >= 4 is 22.6 Å². The first-order chi connectivity index (χ1) is 9.11. The SMILES string of the molecule is CC1=NO[C@](Cc2c[nH]c3ccccc23)(C(=O)O)C1. The van der Waals surface area contributed by atoms with Crippen LogP contribution in [-0.2, 0) is 16.1 Å². The molecule has 98 valence electrons. The third kappa shape index (κ3) is 1.87. The zero-order valence-electron chi connectivity index (χ0n) is 10.5. The van der Waals surface area contributed by atoms with Crippen molar-refractivity contribution in [3.63, 3.8) is 0 Å². The number of para-hydroxylation sites is 1. The number of fused-ring (bicyclic) bond motifs is 1. The van der Waals surface area contributed by atoms with Crippen LogP contribution in [0.3, 0.4) is 0 Å². The minimum Gasteiger partial charge on any atom is -0.478 e. The molecule has 1 aliphatic heterocycles. The fourth-order valence-electron chi connectivity index (χ4n) is 2.51. The maximum absolute atomic E-state index is 11.5. The van der Waals surface area contributed by atoms with Gasteiger partial charge in [0.25, 0.3) is 0 Å². The number of nitrogens with one attached hydrogen (secondary N) is 1. The smallest absolute Gasteiger partial charge is 0.351 e. The monoisotopic (exact) mass is 258 g/mol. The number of nitrogens with zero attached hydrogens (tertiary/aromatic N) is 1. The first-order valence-electron chi connectivity index (χ1n) is 6.11. The van der Waals surface area contributed by atoms with Gasteiger partial charge in [0.2, 0.25) is 5.60 Å². The molecule has 2 aromatic rings. The highest BCUT2D eigenvalue weighted by molar-refractivity contribution is 5.92. The van der Waals surface area contributed by atoms with Gasteiger partial charge in [-0.2, -0.15) is 0 Å². The van der Waals surface area contributed by atoms with E-state index in [0.29, 0.717) is 18.6 Å². The Morgan fingerprint density at radius 3 is 3.00 bits per heavy atom. The fourth-order valence-corrected chi connectivity index (χ4v) is 2.51. The van der Waals surface area contributed by atoms with Crippen molar-refractivity contribution in [3.8, 4) is 0 Å². The topological polar surface area (TPSA) is 74.7 Å². The molecule has 0 fully saturated rings. The number of aromatic amines is 1. The summed E-state index contributed by atoms with van der Waals surface area (Å²) in [6, 6.07) is 7.81. The molecule has 0 aliphatic carbocycles. The molecule has 3 rings (SSSR count). The first-order valence-corrected chi connectivity index (χ1v) is 6.11. The second kappa shape index (κ2) is 4.12. The zero-order chi connectivity index (χ0) is 13.5. The second-order valence-corrected chi connectivity index (χ2v) is 4.93. The number of aliphatic carboxylic acids is 1. The van der Waals surface area contributed by atoms with E-state index in [-0.39, 0.29) is 0 Å². The molecule has 0 radical (unpaired) electrons. The van der Waals surface area contributed by atoms with Crippen LogP contribution in [0.25, 0.3) is 10.9 Å². The number of carboxylic acids is 1. The van der Waals surface area contributed by atoms with Crippen LogP contribution in [0.4, 0.5) is 0 Å². The van der Waals surface area contributed by atoms with Crippen molar-refractivity contribution in [2.75, 3.05) is 0 Å². The Balaban J connectivity index is 1.97. The van der Waals surface area contributed by atoms with Crippen LogP contribution in [0.1, 0.15) is 18.9 Å². The van der Waals surface area contributed by atoms with E-state index in [1.807, 2.05) is 30.5 Å². The minimum absolute atomic E-state index is 0.299. The van der Waals surface area contributed by atoms with Crippen LogP contribution in [-0.4, -0.2) is 27.4 Å². The van der Waals surface area contributed by atoms with Gasteiger partial charge in [0.15, 0.2) is 0 Å². The molecule has 19 heavy (non-hydrogen) atoms. The lowest BCUT2D eigenvalue weighted by Gasteiger charge is -2.21. The van der Waals surface area contributed by atoms with Crippen molar-refractivity contribution in [3.05, 3.63) is 36.0 Å². The second-order valence-electron chi connectivity index (χ2n) is 4.93. The molecule has 1 aliphatic rings. The van der Waals surface area contributed by atoms with Gasteiger partial charge >= 0.3 is 5.97 Å². The molecule has 5 heteroatoms. The minimum atomic E-state index is -1.27. The molecule has 0 spiro atoms. The molecule has 2 heterocycles. The van der Waals surface area contributed by atoms with E-state index in [1.54, 1.807) is 6.92 Å². The summed E-state index contributed by atoms with van der Waals surface area (Å²) in [7, 11) is 0. The van der Waals surface area contributed by atoms with Crippen LogP contribution in [0.5, 0.6) is 0 Å². The normalized spacial score (nSPS) is 22.3. The number of aromatic nitrogens is 1. The zero-order valence-corrected chi connectivity index (χ0v) is 10.5. The molecule has 2 N–H and O–H groups in total. The van der Waals surface area contributed by atoms with Gasteiger partial charge in [-0.25, -0.2) is 4.79 Å². The van der Waals surface area contributed by atoms with Crippen molar-refractivity contribution in [1.82, 2.24) is 4.98 Å². The summed E-state index contributed by atoms with van der Waals surface area (Å²) in [4.78, 5) is 19.9. The van der Waals surface area contributed by atoms with Crippen molar-refractivity contribution in [2.24, 2.45) is 5.16 Å². The average Bonchev–Trinajstić information content (AvgIpc) is 2.96. The maximum Gasteiger partial charge on any atom is 0.351 e. The fraction of sp³-hybridized carbons (Fsp3) is 0.286. The third-order valence-electron chi connectivity index (χ3n) is 3.46. The number of oxime groups is 1. The highest BCUT2D eigenvalue weighted by Crippen LogP contribution is 2.31. The first kappa shape index (κ1) is 11.8. The van der Waals surface area contributed by atoms with Crippen LogP contribution in [0, 0.1) is 0 Å². The molecule has 5 nitrogen and oxygen atoms in total. The number of hydrogen-bond acceptors (Lipinski definition) is 3. The predicted octanol–water partition coefficient (Wildman–Crippen LogP) is 2.33. The molecular weight excluding hydrogens is 244 g/mol. The summed E-state index contributed by atoms with van der Waals surface area (Å²) in [6.07, 6.45) is 2.46. The third-order valence-corrected chi connectivity index (χ3v) is 3.46. The van der Waals surface area contributed by atoms with E-state index in [1.165, 1.54) is 0 Å². The number of carbonyl (C=O) groups is 1. The predicted molar refractivity (Wildman–Crippen MR) is 71.2 cm³/mol. The van der Waals surface area contributed by atoms with Gasteiger partial charge in [-0.05, 0) is 18.6 Å². The number of H-pyrrole nitrogens is 1. The standard InChI is InChI=1S/C14H14N2O3/c1-9-6-14(13(17)18,19-16-9)7-10-8-15-12-5-3-2-4-11(10)12/h2-5,8,15H,6-7H2,1H3,(H,17,18)/t14-/m1/s1. The largest absolute Gasteiger partial charge is 0.478 e. The van der Waals surface area contributed by atoms with Gasteiger partial charge in [0.05, 0.1) is 5.71 Å². The van der Waals surface area contributed by atoms with E-state index in [0.717, 1.165) is 16.5 Å². The number of carboxylic acid groups (broad SMARTS) is 1. The van der Waals surface area contributed by atoms with E-state index in [9.17, 15) is 9.90 Å². The number of benzene rings is 1. The van der Waals surface area contributed by atoms with Crippen LogP contribution < -0.4 is 0 Å². The number of hydrogen-bond donors (Lipinski definition) is 2. The van der Waals surface area contributed by atoms with Gasteiger partial charge < -0.3 is 14.9 Å². The number of rotatable bonds is 3. The molecule has 0 saturated heterocycles. The van der Waals surface area contributed by atoms with Crippen LogP contribution in [0.15, 0.2) is 35.6 Å². The summed E-state index contributed by atoms with van der Waals surface area (Å²) < 4.78 is 0. The van der Waals surface area contributed by atoms with Gasteiger partial charge in [0, 0.05) is 29.9 Å². The molecule has 0 bridgehead atoms. The van der Waals surface area contributed by atoms with Crippen molar-refractivity contribution in [2.45, 2.75) is 25.4 Å².